The van der Waals surface area contributed by atoms with E-state index in [0.717, 1.165) is 6.42 Å². The van der Waals surface area contributed by atoms with Gasteiger partial charge in [-0.25, -0.2) is 11.6 Å². The molecular weight excluding hydrogens is 315 g/mol. The molecule has 19 heavy (non-hydrogen) atoms. The molecule has 0 radical (unpaired) electrons. The Morgan fingerprint density at radius 3 is 1.79 bits per heavy atom. The molecule has 0 unspecified atom stereocenters. The minimum atomic E-state index is 0. The van der Waals surface area contributed by atoms with Gasteiger partial charge in [-0.3, -0.25) is 6.08 Å². The van der Waals surface area contributed by atoms with Crippen LogP contribution in [0.4, 0.5) is 0 Å². The molecule has 1 aliphatic carbocycles. The Labute approximate surface area is 140 Å². The number of rotatable bonds is 0. The third kappa shape index (κ3) is 20.2. The number of allylic oxidation sites excluding steroid dienone is 4. The molecule has 1 aromatic carbocycles. The Bertz CT molecular complexity index is 380. The maximum Gasteiger partial charge on any atom is 0.115 e. The van der Waals surface area contributed by atoms with Gasteiger partial charge in [0.15, 0.2) is 0 Å². The third-order valence-electron chi connectivity index (χ3n) is 1.62. The molecule has 0 saturated heterocycles. The van der Waals surface area contributed by atoms with Crippen LogP contribution in [-0.4, -0.2) is 8.92 Å². The molecule has 1 nitrogen and oxygen atoms in total. The van der Waals surface area contributed by atoms with Crippen LogP contribution in [0.2, 0.25) is 0 Å². The summed E-state index contributed by atoms with van der Waals surface area (Å²) in [4.78, 5) is 0. The van der Waals surface area contributed by atoms with Gasteiger partial charge in [0.1, 0.15) is 5.75 Å². The second-order valence-corrected chi connectivity index (χ2v) is 5.36. The Morgan fingerprint density at radius 1 is 1.16 bits per heavy atom. The van der Waals surface area contributed by atoms with Crippen molar-refractivity contribution >= 4 is 28.6 Å². The first-order valence-electron chi connectivity index (χ1n) is 5.52. The summed E-state index contributed by atoms with van der Waals surface area (Å²) < 4.78 is 1.42. The van der Waals surface area contributed by atoms with Crippen molar-refractivity contribution in [3.8, 4) is 5.75 Å². The van der Waals surface area contributed by atoms with Crippen molar-refractivity contribution in [1.82, 2.24) is 0 Å². The molecule has 0 amide bonds. The van der Waals surface area contributed by atoms with Crippen molar-refractivity contribution in [3.63, 3.8) is 0 Å². The molecule has 0 aromatic heterocycles. The topological polar surface area (TPSA) is 20.2 Å². The quantitative estimate of drug-likeness (QED) is 0.539. The second kappa shape index (κ2) is 15.7. The van der Waals surface area contributed by atoms with E-state index in [1.54, 1.807) is 24.3 Å². The van der Waals surface area contributed by atoms with Crippen molar-refractivity contribution in [2.75, 3.05) is 0 Å². The molecule has 1 aromatic rings. The molecular formula is C15H21Cl2OTi. The number of benzene rings is 1. The van der Waals surface area contributed by atoms with Crippen molar-refractivity contribution in [2.45, 2.75) is 27.2 Å². The van der Waals surface area contributed by atoms with Gasteiger partial charge in [0.05, 0.1) is 0 Å². The SMILES string of the molecule is CC1=[C-]CC=C1.C[C](C)=[Ti+].Cl.Cl.Oc1ccccc1. The molecule has 2 rings (SSSR count). The largest absolute Gasteiger partial charge is 0.508 e. The van der Waals surface area contributed by atoms with E-state index in [1.807, 2.05) is 6.07 Å². The summed E-state index contributed by atoms with van der Waals surface area (Å²) in [5.41, 5.74) is 1.27. The van der Waals surface area contributed by atoms with E-state index in [4.69, 9.17) is 5.11 Å². The van der Waals surface area contributed by atoms with Gasteiger partial charge in [-0.2, -0.15) is 6.08 Å². The van der Waals surface area contributed by atoms with Crippen molar-refractivity contribution in [2.24, 2.45) is 0 Å². The van der Waals surface area contributed by atoms with Gasteiger partial charge >= 0.3 is 37.6 Å². The van der Waals surface area contributed by atoms with E-state index in [0.29, 0.717) is 5.75 Å². The van der Waals surface area contributed by atoms with E-state index in [2.05, 4.69) is 59.0 Å². The predicted molar refractivity (Wildman–Crippen MR) is 85.1 cm³/mol. The molecule has 0 spiro atoms. The maximum atomic E-state index is 8.63. The van der Waals surface area contributed by atoms with Gasteiger partial charge in [-0.1, -0.05) is 25.1 Å². The van der Waals surface area contributed by atoms with Gasteiger partial charge in [-0.05, 0) is 12.1 Å². The van der Waals surface area contributed by atoms with E-state index >= 15 is 0 Å². The molecule has 0 saturated carbocycles. The summed E-state index contributed by atoms with van der Waals surface area (Å²) in [5.74, 6) is 0.322. The minimum absolute atomic E-state index is 0. The van der Waals surface area contributed by atoms with Gasteiger partial charge in [-0.15, -0.1) is 31.2 Å². The van der Waals surface area contributed by atoms with Gasteiger partial charge in [0.2, 0.25) is 0 Å². The summed E-state index contributed by atoms with van der Waals surface area (Å²) >= 11 is 2.08. The summed E-state index contributed by atoms with van der Waals surface area (Å²) in [6.07, 6.45) is 8.33. The summed E-state index contributed by atoms with van der Waals surface area (Å²) in [6, 6.07) is 8.71. The van der Waals surface area contributed by atoms with Crippen LogP contribution in [0.5, 0.6) is 5.75 Å². The van der Waals surface area contributed by atoms with E-state index in [1.165, 1.54) is 9.38 Å². The number of hydrogen-bond acceptors (Lipinski definition) is 1. The monoisotopic (exact) mass is 335 g/mol. The number of para-hydroxylation sites is 1. The van der Waals surface area contributed by atoms with E-state index in [-0.39, 0.29) is 24.8 Å². The number of phenols is 1. The molecule has 1 aliphatic rings. The second-order valence-electron chi connectivity index (χ2n) is 3.80. The van der Waals surface area contributed by atoms with Crippen LogP contribution in [0.25, 0.3) is 0 Å². The number of halogens is 2. The fourth-order valence-corrected chi connectivity index (χ4v) is 0.943. The zero-order valence-electron chi connectivity index (χ0n) is 11.5. The summed E-state index contributed by atoms with van der Waals surface area (Å²) in [7, 11) is 0. The fraction of sp³-hybridized carbons (Fsp3) is 0.267. The van der Waals surface area contributed by atoms with Crippen LogP contribution in [0, 0.1) is 6.08 Å². The third-order valence-corrected chi connectivity index (χ3v) is 1.62. The first-order chi connectivity index (χ1) is 8.02. The average Bonchev–Trinajstić information content (AvgIpc) is 2.70. The first kappa shape index (κ1) is 23.7. The Morgan fingerprint density at radius 2 is 1.63 bits per heavy atom. The van der Waals surface area contributed by atoms with Crippen LogP contribution in [-0.2, 0) is 20.0 Å². The normalized spacial score (nSPS) is 10.5. The smallest absolute Gasteiger partial charge is 0.115 e. The molecule has 0 atom stereocenters. The van der Waals surface area contributed by atoms with Crippen molar-refractivity contribution in [1.29, 1.82) is 0 Å². The maximum absolute atomic E-state index is 8.63. The number of aromatic hydroxyl groups is 1. The van der Waals surface area contributed by atoms with Crippen LogP contribution in [0.3, 0.4) is 0 Å². The van der Waals surface area contributed by atoms with Crippen molar-refractivity contribution in [3.05, 3.63) is 54.1 Å². The predicted octanol–water partition coefficient (Wildman–Crippen LogP) is 4.68. The Balaban J connectivity index is -0.000000199. The van der Waals surface area contributed by atoms with Gasteiger partial charge in [0.25, 0.3) is 0 Å². The van der Waals surface area contributed by atoms with E-state index < -0.39 is 0 Å². The van der Waals surface area contributed by atoms with Crippen LogP contribution < -0.4 is 0 Å². The van der Waals surface area contributed by atoms with Crippen molar-refractivity contribution < 1.29 is 25.1 Å². The van der Waals surface area contributed by atoms with Crippen LogP contribution >= 0.6 is 24.8 Å². The summed E-state index contributed by atoms with van der Waals surface area (Å²) in [6.45, 7) is 6.23. The average molecular weight is 336 g/mol. The molecule has 0 heterocycles. The van der Waals surface area contributed by atoms with E-state index in [9.17, 15) is 0 Å². The number of phenolic OH excluding ortho intramolecular Hbond substituents is 1. The van der Waals surface area contributed by atoms with Crippen LogP contribution in [0.15, 0.2) is 48.1 Å². The number of hydrogen-bond donors (Lipinski definition) is 1. The Kier molecular flexibility index (Phi) is 19.6. The Hall–Kier alpha value is -0.336. The standard InChI is InChI=1S/C6H6O.C6H7.C3H6.2ClH.Ti/c7-6-4-2-1-3-5-6;1-6-4-2-3-5-6;1-3-2;;;/h1-5,7H;2,4H,3H2,1H3;1-2H3;2*1H;/q;-1;;;;+1. The molecule has 1 N–H and O–H groups in total. The molecule has 0 aliphatic heterocycles. The zero-order chi connectivity index (χ0) is 13.1. The zero-order valence-corrected chi connectivity index (χ0v) is 14.7. The van der Waals surface area contributed by atoms with Crippen LogP contribution in [0.1, 0.15) is 27.2 Å². The first-order valence-corrected chi connectivity index (χ1v) is 6.30. The fourth-order valence-electron chi connectivity index (χ4n) is 0.943. The molecule has 4 heteroatoms. The molecule has 0 fully saturated rings. The van der Waals surface area contributed by atoms with Gasteiger partial charge < -0.3 is 5.11 Å². The molecule has 105 valence electrons. The summed E-state index contributed by atoms with van der Waals surface area (Å²) in [5, 5.41) is 8.63. The molecule has 0 bridgehead atoms. The minimum Gasteiger partial charge on any atom is -0.508 e. The van der Waals surface area contributed by atoms with Gasteiger partial charge in [0, 0.05) is 0 Å².